The second-order valence-corrected chi connectivity index (χ2v) is 7.93. The molecule has 2 rings (SSSR count). The molecule has 1 aromatic carbocycles. The highest BCUT2D eigenvalue weighted by atomic mass is 19.4. The summed E-state index contributed by atoms with van der Waals surface area (Å²) >= 11 is 0. The smallest absolute Gasteiger partial charge is 0.427 e. The fourth-order valence-corrected chi connectivity index (χ4v) is 2.81. The van der Waals surface area contributed by atoms with Crippen LogP contribution in [0.4, 0.5) is 13.2 Å². The second-order valence-electron chi connectivity index (χ2n) is 7.93. The molecule has 1 atom stereocenters. The SMILES string of the molecule is COCCCOc1cc2c(cc1C(=O)OC(C)(C)C(F)(F)F)C=NC(C(C)C)C2. The van der Waals surface area contributed by atoms with Crippen LogP contribution >= 0.6 is 0 Å². The fraction of sp³-hybridized carbons (Fsp3) is 0.619. The average molecular weight is 415 g/mol. The van der Waals surface area contributed by atoms with Gasteiger partial charge in [-0.3, -0.25) is 4.99 Å². The van der Waals surface area contributed by atoms with Crippen molar-refractivity contribution in [3.8, 4) is 5.75 Å². The minimum Gasteiger partial charge on any atom is -0.493 e. The number of carbonyl (C=O) groups excluding carboxylic acids is 1. The van der Waals surface area contributed by atoms with Gasteiger partial charge in [-0.15, -0.1) is 0 Å². The Morgan fingerprint density at radius 1 is 1.24 bits per heavy atom. The number of alkyl halides is 3. The average Bonchev–Trinajstić information content (AvgIpc) is 2.62. The van der Waals surface area contributed by atoms with Crippen LogP contribution in [0.5, 0.6) is 5.75 Å². The molecule has 0 saturated heterocycles. The number of esters is 1. The number of halogens is 3. The Morgan fingerprint density at radius 2 is 1.93 bits per heavy atom. The molecule has 0 aromatic heterocycles. The molecule has 0 aliphatic carbocycles. The number of benzene rings is 1. The third-order valence-corrected chi connectivity index (χ3v) is 4.85. The maximum absolute atomic E-state index is 13.1. The number of hydrogen-bond acceptors (Lipinski definition) is 5. The third kappa shape index (κ3) is 5.72. The van der Waals surface area contributed by atoms with Crippen LogP contribution in [-0.4, -0.2) is 50.3 Å². The van der Waals surface area contributed by atoms with Crippen LogP contribution in [0.25, 0.3) is 0 Å². The molecule has 0 spiro atoms. The Hall–Kier alpha value is -2.09. The molecule has 0 amide bonds. The zero-order valence-electron chi connectivity index (χ0n) is 17.4. The van der Waals surface area contributed by atoms with Gasteiger partial charge in [0.2, 0.25) is 5.60 Å². The number of methoxy groups -OCH3 is 1. The van der Waals surface area contributed by atoms with Crippen molar-refractivity contribution in [1.29, 1.82) is 0 Å². The van der Waals surface area contributed by atoms with Crippen LogP contribution in [0.1, 0.15) is 55.6 Å². The van der Waals surface area contributed by atoms with Crippen molar-refractivity contribution >= 4 is 12.2 Å². The van der Waals surface area contributed by atoms with Gasteiger partial charge in [-0.05, 0) is 49.4 Å². The van der Waals surface area contributed by atoms with Gasteiger partial charge in [-0.25, -0.2) is 4.79 Å². The zero-order valence-corrected chi connectivity index (χ0v) is 17.4. The first-order valence-corrected chi connectivity index (χ1v) is 9.58. The maximum Gasteiger partial charge on any atom is 0.427 e. The number of fused-ring (bicyclic) bond motifs is 1. The van der Waals surface area contributed by atoms with Crippen molar-refractivity contribution in [2.45, 2.75) is 58.4 Å². The summed E-state index contributed by atoms with van der Waals surface area (Å²) in [6, 6.07) is 3.31. The van der Waals surface area contributed by atoms with Gasteiger partial charge >= 0.3 is 12.1 Å². The monoisotopic (exact) mass is 415 g/mol. The highest BCUT2D eigenvalue weighted by Crippen LogP contribution is 2.35. The predicted octanol–water partition coefficient (Wildman–Crippen LogP) is 4.60. The lowest BCUT2D eigenvalue weighted by atomic mass is 9.90. The lowest BCUT2D eigenvalue weighted by Gasteiger charge is -2.28. The van der Waals surface area contributed by atoms with Gasteiger partial charge < -0.3 is 14.2 Å². The number of carbonyl (C=O) groups is 1. The number of ether oxygens (including phenoxy) is 3. The van der Waals surface area contributed by atoms with Crippen molar-refractivity contribution in [2.75, 3.05) is 20.3 Å². The van der Waals surface area contributed by atoms with E-state index in [9.17, 15) is 18.0 Å². The molecule has 1 aliphatic rings. The number of hydrogen-bond donors (Lipinski definition) is 0. The lowest BCUT2D eigenvalue weighted by Crippen LogP contribution is -2.43. The van der Waals surface area contributed by atoms with Crippen molar-refractivity contribution < 1.29 is 32.2 Å². The van der Waals surface area contributed by atoms with Gasteiger partial charge in [0, 0.05) is 26.4 Å². The largest absolute Gasteiger partial charge is 0.493 e. The predicted molar refractivity (Wildman–Crippen MR) is 104 cm³/mol. The quantitative estimate of drug-likeness (QED) is 0.460. The molecule has 0 saturated carbocycles. The van der Waals surface area contributed by atoms with Crippen LogP contribution < -0.4 is 4.74 Å². The molecule has 29 heavy (non-hydrogen) atoms. The van der Waals surface area contributed by atoms with Crippen LogP contribution in [0.2, 0.25) is 0 Å². The summed E-state index contributed by atoms with van der Waals surface area (Å²) in [7, 11) is 1.56. The number of rotatable bonds is 8. The van der Waals surface area contributed by atoms with E-state index in [0.29, 0.717) is 30.9 Å². The first-order chi connectivity index (χ1) is 13.5. The van der Waals surface area contributed by atoms with Crippen LogP contribution in [0.3, 0.4) is 0 Å². The van der Waals surface area contributed by atoms with Gasteiger partial charge in [-0.2, -0.15) is 13.2 Å². The molecular weight excluding hydrogens is 387 g/mol. The minimum absolute atomic E-state index is 0.0482. The van der Waals surface area contributed by atoms with E-state index in [4.69, 9.17) is 14.2 Å². The molecule has 0 N–H and O–H groups in total. The van der Waals surface area contributed by atoms with E-state index in [-0.39, 0.29) is 24.0 Å². The fourth-order valence-electron chi connectivity index (χ4n) is 2.81. The maximum atomic E-state index is 13.1. The highest BCUT2D eigenvalue weighted by Gasteiger charge is 2.51. The summed E-state index contributed by atoms with van der Waals surface area (Å²) in [5.41, 5.74) is -1.05. The first-order valence-electron chi connectivity index (χ1n) is 9.58. The van der Waals surface area contributed by atoms with Gasteiger partial charge in [-0.1, -0.05) is 13.8 Å². The summed E-state index contributed by atoms with van der Waals surface area (Å²) in [5, 5.41) is 0. The molecular formula is C21H28F3NO4. The van der Waals surface area contributed by atoms with Crippen molar-refractivity contribution in [3.63, 3.8) is 0 Å². The molecule has 1 aliphatic heterocycles. The van der Waals surface area contributed by atoms with E-state index in [0.717, 1.165) is 19.4 Å². The Kier molecular flexibility index (Phi) is 7.32. The van der Waals surface area contributed by atoms with Gasteiger partial charge in [0.25, 0.3) is 0 Å². The summed E-state index contributed by atoms with van der Waals surface area (Å²) in [5.74, 6) is -0.542. The molecule has 5 nitrogen and oxygen atoms in total. The Morgan fingerprint density at radius 3 is 2.52 bits per heavy atom. The van der Waals surface area contributed by atoms with Crippen molar-refractivity contribution in [3.05, 3.63) is 28.8 Å². The van der Waals surface area contributed by atoms with Crippen LogP contribution in [-0.2, 0) is 15.9 Å². The molecule has 1 aromatic rings. The van der Waals surface area contributed by atoms with Gasteiger partial charge in [0.15, 0.2) is 0 Å². The second kappa shape index (κ2) is 9.15. The van der Waals surface area contributed by atoms with Gasteiger partial charge in [0.1, 0.15) is 11.3 Å². The van der Waals surface area contributed by atoms with Gasteiger partial charge in [0.05, 0.1) is 12.6 Å². The lowest BCUT2D eigenvalue weighted by molar-refractivity contribution is -0.244. The van der Waals surface area contributed by atoms with Crippen LogP contribution in [0, 0.1) is 5.92 Å². The van der Waals surface area contributed by atoms with Crippen molar-refractivity contribution in [2.24, 2.45) is 10.9 Å². The summed E-state index contributed by atoms with van der Waals surface area (Å²) < 4.78 is 54.9. The molecule has 1 heterocycles. The Bertz CT molecular complexity index is 757. The molecule has 0 radical (unpaired) electrons. The molecule has 1 unspecified atom stereocenters. The van der Waals surface area contributed by atoms with Crippen LogP contribution in [0.15, 0.2) is 17.1 Å². The third-order valence-electron chi connectivity index (χ3n) is 4.85. The Balaban J connectivity index is 2.35. The zero-order chi connectivity index (χ0) is 21.8. The van der Waals surface area contributed by atoms with E-state index in [1.165, 1.54) is 6.07 Å². The normalized spacial score (nSPS) is 16.7. The number of nitrogens with zero attached hydrogens (tertiary/aromatic N) is 1. The van der Waals surface area contributed by atoms with E-state index in [1.807, 2.05) is 0 Å². The molecule has 0 bridgehead atoms. The topological polar surface area (TPSA) is 57.1 Å². The molecule has 8 heteroatoms. The van der Waals surface area contributed by atoms with E-state index in [2.05, 4.69) is 18.8 Å². The Labute approximate surface area is 169 Å². The summed E-state index contributed by atoms with van der Waals surface area (Å²) in [6.45, 7) is 6.50. The summed E-state index contributed by atoms with van der Waals surface area (Å²) in [4.78, 5) is 17.1. The minimum atomic E-state index is -4.69. The van der Waals surface area contributed by atoms with E-state index in [1.54, 1.807) is 19.4 Å². The van der Waals surface area contributed by atoms with E-state index >= 15 is 0 Å². The molecule has 0 fully saturated rings. The summed E-state index contributed by atoms with van der Waals surface area (Å²) in [6.07, 6.45) is -1.79. The number of aliphatic imine (C=N–C) groups is 1. The first kappa shape index (κ1) is 23.2. The molecule has 162 valence electrons. The standard InChI is InChI=1S/C21H28F3NO4/c1-13(2)17-10-14-11-18(28-8-6-7-27-5)16(9-15(14)12-25-17)19(26)29-20(3,4)21(22,23)24/h9,11-13,17H,6-8,10H2,1-5H3. The highest BCUT2D eigenvalue weighted by molar-refractivity contribution is 5.96. The van der Waals surface area contributed by atoms with E-state index < -0.39 is 17.7 Å². The van der Waals surface area contributed by atoms with Crippen molar-refractivity contribution in [1.82, 2.24) is 0 Å².